The van der Waals surface area contributed by atoms with Gasteiger partial charge in [0.2, 0.25) is 0 Å². The van der Waals surface area contributed by atoms with Crippen molar-refractivity contribution < 1.29 is 0 Å². The lowest BCUT2D eigenvalue weighted by Gasteiger charge is -2.27. The summed E-state index contributed by atoms with van der Waals surface area (Å²) in [5.74, 6) is 0.330. The van der Waals surface area contributed by atoms with Crippen LogP contribution in [0.15, 0.2) is 0 Å². The molecule has 3 nitrogen and oxygen atoms in total. The fraction of sp³-hybridized carbons (Fsp3) is 0.667. The molecule has 1 heterocycles. The van der Waals surface area contributed by atoms with Gasteiger partial charge in [0.25, 0.3) is 0 Å². The number of hydrogen-bond donors (Lipinski definition) is 2. The van der Waals surface area contributed by atoms with Crippen molar-refractivity contribution in [2.24, 2.45) is 5.92 Å². The van der Waals surface area contributed by atoms with E-state index < -0.39 is 0 Å². The molecule has 2 atom stereocenters. The van der Waals surface area contributed by atoms with Crippen LogP contribution >= 0.6 is 12.2 Å². The second-order valence-corrected chi connectivity index (χ2v) is 2.85. The Hall–Kier alpha value is -0.820. The maximum Gasteiger partial charge on any atom is 0.167 e. The Morgan fingerprint density at radius 2 is 2.50 bits per heavy atom. The summed E-state index contributed by atoms with van der Waals surface area (Å²) < 4.78 is 0. The predicted octanol–water partition coefficient (Wildman–Crippen LogP) is -0.00762. The van der Waals surface area contributed by atoms with Gasteiger partial charge in [0.05, 0.1) is 6.07 Å². The summed E-state index contributed by atoms with van der Waals surface area (Å²) in [5, 5.41) is 15.0. The first kappa shape index (κ1) is 7.29. The summed E-state index contributed by atoms with van der Waals surface area (Å²) >= 11 is 4.83. The van der Waals surface area contributed by atoms with Gasteiger partial charge in [0.15, 0.2) is 5.11 Å². The molecular weight excluding hydrogens is 146 g/mol. The van der Waals surface area contributed by atoms with E-state index in [1.807, 2.05) is 6.92 Å². The third kappa shape index (κ3) is 1.36. The molecule has 1 aliphatic rings. The van der Waals surface area contributed by atoms with Gasteiger partial charge < -0.3 is 10.6 Å². The van der Waals surface area contributed by atoms with Crippen molar-refractivity contribution in [1.29, 1.82) is 5.26 Å². The van der Waals surface area contributed by atoms with Crippen LogP contribution in [-0.4, -0.2) is 17.7 Å². The third-order valence-corrected chi connectivity index (χ3v) is 1.84. The lowest BCUT2D eigenvalue weighted by atomic mass is 10.0. The van der Waals surface area contributed by atoms with E-state index in [9.17, 15) is 0 Å². The molecule has 0 unspecified atom stereocenters. The Kier molecular flexibility index (Phi) is 2.07. The van der Waals surface area contributed by atoms with Crippen LogP contribution in [0.1, 0.15) is 6.92 Å². The van der Waals surface area contributed by atoms with Gasteiger partial charge in [-0.3, -0.25) is 0 Å². The van der Waals surface area contributed by atoms with Crippen LogP contribution in [0.2, 0.25) is 0 Å². The minimum Gasteiger partial charge on any atom is -0.362 e. The summed E-state index contributed by atoms with van der Waals surface area (Å²) in [6, 6.07) is 2.03. The van der Waals surface area contributed by atoms with Crippen LogP contribution in [0.4, 0.5) is 0 Å². The maximum atomic E-state index is 8.58. The summed E-state index contributed by atoms with van der Waals surface area (Å²) in [4.78, 5) is 0. The summed E-state index contributed by atoms with van der Waals surface area (Å²) in [6.45, 7) is 2.81. The van der Waals surface area contributed by atoms with Gasteiger partial charge in [-0.15, -0.1) is 0 Å². The van der Waals surface area contributed by atoms with Gasteiger partial charge in [0, 0.05) is 12.5 Å². The van der Waals surface area contributed by atoms with E-state index in [4.69, 9.17) is 17.5 Å². The van der Waals surface area contributed by atoms with Gasteiger partial charge in [0.1, 0.15) is 6.04 Å². The molecule has 10 heavy (non-hydrogen) atoms. The van der Waals surface area contributed by atoms with E-state index in [0.29, 0.717) is 11.0 Å². The average Bonchev–Trinajstić information content (AvgIpc) is 1.94. The zero-order valence-electron chi connectivity index (χ0n) is 5.72. The van der Waals surface area contributed by atoms with Crippen LogP contribution < -0.4 is 10.6 Å². The molecule has 0 aromatic carbocycles. The molecule has 4 heteroatoms. The predicted molar refractivity (Wildman–Crippen MR) is 42.3 cm³/mol. The first-order valence-corrected chi connectivity index (χ1v) is 3.59. The van der Waals surface area contributed by atoms with Gasteiger partial charge in [-0.1, -0.05) is 6.92 Å². The van der Waals surface area contributed by atoms with E-state index in [-0.39, 0.29) is 6.04 Å². The fourth-order valence-corrected chi connectivity index (χ4v) is 1.08. The molecule has 54 valence electrons. The summed E-state index contributed by atoms with van der Waals surface area (Å²) in [5.41, 5.74) is 0. The molecule has 0 bridgehead atoms. The Bertz CT molecular complexity index is 184. The smallest absolute Gasteiger partial charge is 0.167 e. The molecule has 0 saturated carbocycles. The number of nitrogens with one attached hydrogen (secondary N) is 2. The fourth-order valence-electron chi connectivity index (χ4n) is 0.866. The van der Waals surface area contributed by atoms with Crippen molar-refractivity contribution in [3.05, 3.63) is 0 Å². The topological polar surface area (TPSA) is 47.8 Å². The normalized spacial score (nSPS) is 31.8. The molecule has 1 fully saturated rings. The van der Waals surface area contributed by atoms with E-state index in [1.54, 1.807) is 0 Å². The highest BCUT2D eigenvalue weighted by molar-refractivity contribution is 7.80. The second-order valence-electron chi connectivity index (χ2n) is 2.44. The third-order valence-electron chi connectivity index (χ3n) is 1.58. The molecule has 0 spiro atoms. The number of rotatable bonds is 0. The highest BCUT2D eigenvalue weighted by Gasteiger charge is 2.21. The molecule has 0 aliphatic carbocycles. The van der Waals surface area contributed by atoms with Gasteiger partial charge in [-0.05, 0) is 12.2 Å². The molecule has 1 aliphatic heterocycles. The molecule has 0 radical (unpaired) electrons. The Morgan fingerprint density at radius 1 is 1.80 bits per heavy atom. The molecule has 1 saturated heterocycles. The molecule has 0 amide bonds. The zero-order chi connectivity index (χ0) is 7.56. The Morgan fingerprint density at radius 3 is 3.00 bits per heavy atom. The van der Waals surface area contributed by atoms with Crippen LogP contribution in [0, 0.1) is 17.2 Å². The first-order chi connectivity index (χ1) is 4.74. The molecule has 1 rings (SSSR count). The van der Waals surface area contributed by atoms with Crippen molar-refractivity contribution in [1.82, 2.24) is 10.6 Å². The minimum absolute atomic E-state index is 0.117. The quantitative estimate of drug-likeness (QED) is 0.483. The lowest BCUT2D eigenvalue weighted by Crippen LogP contribution is -2.53. The monoisotopic (exact) mass is 155 g/mol. The van der Waals surface area contributed by atoms with Crippen LogP contribution in [0.25, 0.3) is 0 Å². The minimum atomic E-state index is -0.117. The van der Waals surface area contributed by atoms with Crippen LogP contribution in [0.3, 0.4) is 0 Å². The Balaban J connectivity index is 2.56. The largest absolute Gasteiger partial charge is 0.362 e. The second kappa shape index (κ2) is 2.84. The van der Waals surface area contributed by atoms with Crippen molar-refractivity contribution in [3.63, 3.8) is 0 Å². The van der Waals surface area contributed by atoms with E-state index in [0.717, 1.165) is 6.54 Å². The van der Waals surface area contributed by atoms with Gasteiger partial charge in [-0.2, -0.15) is 5.26 Å². The first-order valence-electron chi connectivity index (χ1n) is 3.18. The van der Waals surface area contributed by atoms with Crippen molar-refractivity contribution in [2.45, 2.75) is 13.0 Å². The van der Waals surface area contributed by atoms with E-state index in [1.165, 1.54) is 0 Å². The summed E-state index contributed by atoms with van der Waals surface area (Å²) in [7, 11) is 0. The highest BCUT2D eigenvalue weighted by atomic mass is 32.1. The SMILES string of the molecule is C[C@@H]1CNC(=S)N[C@H]1C#N. The van der Waals surface area contributed by atoms with Crippen molar-refractivity contribution in [3.8, 4) is 6.07 Å². The molecular formula is C6H9N3S. The van der Waals surface area contributed by atoms with Crippen LogP contribution in [-0.2, 0) is 0 Å². The van der Waals surface area contributed by atoms with Crippen LogP contribution in [0.5, 0.6) is 0 Å². The molecule has 0 aromatic rings. The van der Waals surface area contributed by atoms with Gasteiger partial charge in [-0.25, -0.2) is 0 Å². The Labute approximate surface area is 65.4 Å². The van der Waals surface area contributed by atoms with E-state index >= 15 is 0 Å². The molecule has 2 N–H and O–H groups in total. The van der Waals surface area contributed by atoms with E-state index in [2.05, 4.69) is 16.7 Å². The highest BCUT2D eigenvalue weighted by Crippen LogP contribution is 2.03. The standard InChI is InChI=1S/C6H9N3S/c1-4-3-8-6(10)9-5(4)2-7/h4-5H,3H2,1H3,(H2,8,9,10)/t4-,5+/m1/s1. The number of thiocarbonyl (C=S) groups is 1. The van der Waals surface area contributed by atoms with Gasteiger partial charge >= 0.3 is 0 Å². The van der Waals surface area contributed by atoms with Crippen molar-refractivity contribution >= 4 is 17.3 Å². The molecule has 0 aromatic heterocycles. The summed E-state index contributed by atoms with van der Waals surface area (Å²) in [6.07, 6.45) is 0. The maximum absolute atomic E-state index is 8.58. The number of hydrogen-bond acceptors (Lipinski definition) is 2. The number of nitriles is 1. The average molecular weight is 155 g/mol. The zero-order valence-corrected chi connectivity index (χ0v) is 6.53. The van der Waals surface area contributed by atoms with Crippen molar-refractivity contribution in [2.75, 3.05) is 6.54 Å². The lowest BCUT2D eigenvalue weighted by molar-refractivity contribution is 0.450. The number of nitrogens with zero attached hydrogens (tertiary/aromatic N) is 1.